The smallest absolute Gasteiger partial charge is 0.410 e. The van der Waals surface area contributed by atoms with Gasteiger partial charge < -0.3 is 30.1 Å². The molecule has 4 heterocycles. The van der Waals surface area contributed by atoms with Crippen LogP contribution in [-0.4, -0.2) is 101 Å². The van der Waals surface area contributed by atoms with Crippen LogP contribution in [0.25, 0.3) is 10.9 Å². The Hall–Kier alpha value is -3.83. The molecule has 3 N–H and O–H groups in total. The number of aromatic nitrogens is 2. The monoisotopic (exact) mass is 607 g/mol. The predicted octanol–water partition coefficient (Wildman–Crippen LogP) is 4.03. The van der Waals surface area contributed by atoms with Gasteiger partial charge in [0.1, 0.15) is 0 Å². The highest BCUT2D eigenvalue weighted by Crippen LogP contribution is 2.27. The number of hydrogen-bond donors (Lipinski definition) is 3. The maximum atomic E-state index is 13.7. The Morgan fingerprint density at radius 2 is 1.81 bits per heavy atom. The number of nitrogens with zero attached hydrogens (tertiary/aromatic N) is 4. The van der Waals surface area contributed by atoms with E-state index in [0.29, 0.717) is 56.6 Å². The first-order chi connectivity index (χ1) is 20.9. The summed E-state index contributed by atoms with van der Waals surface area (Å²) in [5.74, 6) is -0.193. The summed E-state index contributed by atoms with van der Waals surface area (Å²) < 4.78 is 5.98. The molecule has 1 aromatic heterocycles. The number of likely N-dealkylation sites (tertiary alicyclic amines) is 2. The molecule has 6 rings (SSSR count). The number of para-hydroxylation sites is 1. The van der Waals surface area contributed by atoms with Crippen LogP contribution < -0.4 is 10.6 Å². The number of H-pyrrole nitrogens is 1. The standard InChI is InChI=1S/C31H38ClN7O4/c1-33-23-7-11-37(12-8-23)29(40)27(18-20-16-22-19-34-36-28(22)25(32)17-20)43-31(42)38-13-9-24(10-14-38)39-15-6-21-4-2-3-5-26(21)35-30(39)41/h2-5,16-17,19,23-24,27,33H,6-15,18H2,1H3,(H,34,36)(H,35,41)/t27-/m1/s1. The molecule has 0 aliphatic carbocycles. The van der Waals surface area contributed by atoms with Gasteiger partial charge in [-0.25, -0.2) is 9.59 Å². The quantitative estimate of drug-likeness (QED) is 0.389. The zero-order chi connectivity index (χ0) is 29.9. The molecule has 3 aromatic rings. The highest BCUT2D eigenvalue weighted by atomic mass is 35.5. The van der Waals surface area contributed by atoms with Gasteiger partial charge in [0.2, 0.25) is 0 Å². The van der Waals surface area contributed by atoms with Crippen LogP contribution in [0, 0.1) is 0 Å². The van der Waals surface area contributed by atoms with Gasteiger partial charge in [-0.3, -0.25) is 9.89 Å². The van der Waals surface area contributed by atoms with Crippen LogP contribution in [0.1, 0.15) is 36.8 Å². The molecule has 0 saturated carbocycles. The van der Waals surface area contributed by atoms with Crippen molar-refractivity contribution in [1.82, 2.24) is 30.2 Å². The van der Waals surface area contributed by atoms with Crippen molar-refractivity contribution in [2.75, 3.05) is 45.1 Å². The Bertz CT molecular complexity index is 1480. The number of halogens is 1. The fraction of sp³-hybridized carbons (Fsp3) is 0.484. The van der Waals surface area contributed by atoms with Crippen LogP contribution >= 0.6 is 11.6 Å². The van der Waals surface area contributed by atoms with E-state index in [0.717, 1.165) is 47.0 Å². The first-order valence-electron chi connectivity index (χ1n) is 15.1. The van der Waals surface area contributed by atoms with E-state index in [1.807, 2.05) is 42.3 Å². The van der Waals surface area contributed by atoms with Crippen molar-refractivity contribution in [1.29, 1.82) is 0 Å². The molecular weight excluding hydrogens is 570 g/mol. The van der Waals surface area contributed by atoms with Crippen LogP contribution in [0.3, 0.4) is 0 Å². The minimum absolute atomic E-state index is 0.0214. The Kier molecular flexibility index (Phi) is 8.71. The number of hydrogen-bond acceptors (Lipinski definition) is 6. The van der Waals surface area contributed by atoms with Gasteiger partial charge in [-0.1, -0.05) is 29.8 Å². The van der Waals surface area contributed by atoms with E-state index in [9.17, 15) is 14.4 Å². The molecule has 3 aliphatic heterocycles. The van der Waals surface area contributed by atoms with Gasteiger partial charge in [0.15, 0.2) is 6.10 Å². The van der Waals surface area contributed by atoms with Crippen molar-refractivity contribution in [2.24, 2.45) is 0 Å². The summed E-state index contributed by atoms with van der Waals surface area (Å²) in [6.45, 7) is 2.73. The van der Waals surface area contributed by atoms with Crippen molar-refractivity contribution in [3.8, 4) is 0 Å². The fourth-order valence-electron chi connectivity index (χ4n) is 6.47. The Labute approximate surface area is 255 Å². The molecule has 0 unspecified atom stereocenters. The van der Waals surface area contributed by atoms with E-state index in [1.165, 1.54) is 0 Å². The number of rotatable bonds is 6. The van der Waals surface area contributed by atoms with Crippen molar-refractivity contribution in [3.63, 3.8) is 0 Å². The van der Waals surface area contributed by atoms with Gasteiger partial charge in [-0.2, -0.15) is 5.10 Å². The molecule has 0 spiro atoms. The van der Waals surface area contributed by atoms with Crippen LogP contribution in [0.5, 0.6) is 0 Å². The number of anilines is 1. The number of piperidine rings is 2. The average Bonchev–Trinajstić information content (AvgIpc) is 3.44. The number of ether oxygens (including phenoxy) is 1. The largest absolute Gasteiger partial charge is 0.436 e. The van der Waals surface area contributed by atoms with Gasteiger partial charge in [0.25, 0.3) is 5.91 Å². The van der Waals surface area contributed by atoms with Crippen molar-refractivity contribution >= 4 is 46.2 Å². The summed E-state index contributed by atoms with van der Waals surface area (Å²) in [5, 5.41) is 14.6. The molecule has 43 heavy (non-hydrogen) atoms. The van der Waals surface area contributed by atoms with Crippen LogP contribution in [0.15, 0.2) is 42.6 Å². The van der Waals surface area contributed by atoms with Crippen molar-refractivity contribution in [3.05, 3.63) is 58.7 Å². The summed E-state index contributed by atoms with van der Waals surface area (Å²) >= 11 is 6.48. The van der Waals surface area contributed by atoms with E-state index < -0.39 is 12.2 Å². The number of benzene rings is 2. The maximum absolute atomic E-state index is 13.7. The number of fused-ring (bicyclic) bond motifs is 2. The van der Waals surface area contributed by atoms with Crippen LogP contribution in [0.4, 0.5) is 15.3 Å². The second-order valence-corrected chi connectivity index (χ2v) is 12.0. The number of urea groups is 1. The molecule has 2 fully saturated rings. The molecule has 0 bridgehead atoms. The molecule has 0 radical (unpaired) electrons. The van der Waals surface area contributed by atoms with Gasteiger partial charge in [0.05, 0.1) is 16.7 Å². The first kappa shape index (κ1) is 29.3. The van der Waals surface area contributed by atoms with Gasteiger partial charge >= 0.3 is 12.1 Å². The van der Waals surface area contributed by atoms with E-state index in [2.05, 4.69) is 20.8 Å². The van der Waals surface area contributed by atoms with E-state index >= 15 is 0 Å². The SMILES string of the molecule is CNC1CCN(C(=O)[C@@H](Cc2cc(Cl)c3[nH]ncc3c2)OC(=O)N2CCC(N3CCc4ccccc4NC3=O)CC2)CC1. The zero-order valence-electron chi connectivity index (χ0n) is 24.4. The fourth-order valence-corrected chi connectivity index (χ4v) is 6.76. The molecule has 1 atom stereocenters. The lowest BCUT2D eigenvalue weighted by molar-refractivity contribution is -0.142. The molecular formula is C31H38ClN7O4. The van der Waals surface area contributed by atoms with E-state index in [-0.39, 0.29) is 24.4 Å². The molecule has 4 amide bonds. The third kappa shape index (κ3) is 6.42. The topological polar surface area (TPSA) is 123 Å². The van der Waals surface area contributed by atoms with Crippen molar-refractivity contribution in [2.45, 2.75) is 56.7 Å². The molecule has 2 aromatic carbocycles. The summed E-state index contributed by atoms with van der Waals surface area (Å²) in [6, 6.07) is 11.9. The summed E-state index contributed by atoms with van der Waals surface area (Å²) in [6.07, 6.45) is 4.16. The van der Waals surface area contributed by atoms with E-state index in [4.69, 9.17) is 16.3 Å². The number of carbonyl (C=O) groups is 3. The Morgan fingerprint density at radius 3 is 2.58 bits per heavy atom. The third-order valence-corrected chi connectivity index (χ3v) is 9.32. The first-order valence-corrected chi connectivity index (χ1v) is 15.5. The second-order valence-electron chi connectivity index (χ2n) is 11.6. The summed E-state index contributed by atoms with van der Waals surface area (Å²) in [4.78, 5) is 45.6. The van der Waals surface area contributed by atoms with E-state index in [1.54, 1.807) is 22.1 Å². The van der Waals surface area contributed by atoms with Crippen LogP contribution in [0.2, 0.25) is 5.02 Å². The highest BCUT2D eigenvalue weighted by molar-refractivity contribution is 6.35. The Morgan fingerprint density at radius 1 is 1.07 bits per heavy atom. The molecule has 3 aliphatic rings. The van der Waals surface area contributed by atoms with Gasteiger partial charge in [-0.15, -0.1) is 0 Å². The minimum Gasteiger partial charge on any atom is -0.436 e. The zero-order valence-corrected chi connectivity index (χ0v) is 25.1. The lowest BCUT2D eigenvalue weighted by atomic mass is 10.0. The average molecular weight is 608 g/mol. The number of nitrogens with one attached hydrogen (secondary N) is 3. The molecule has 11 nitrogen and oxygen atoms in total. The maximum Gasteiger partial charge on any atom is 0.410 e. The predicted molar refractivity (Wildman–Crippen MR) is 164 cm³/mol. The molecule has 12 heteroatoms. The molecule has 228 valence electrons. The van der Waals surface area contributed by atoms with Gasteiger partial charge in [0, 0.05) is 62.3 Å². The Balaban J connectivity index is 1.11. The summed E-state index contributed by atoms with van der Waals surface area (Å²) in [5.41, 5.74) is 3.50. The normalized spacial score (nSPS) is 19.1. The number of carbonyl (C=O) groups excluding carboxylic acids is 3. The lowest BCUT2D eigenvalue weighted by Gasteiger charge is -2.38. The minimum atomic E-state index is -0.980. The number of aromatic amines is 1. The number of amides is 4. The van der Waals surface area contributed by atoms with Gasteiger partial charge in [-0.05, 0) is 68.5 Å². The lowest BCUT2D eigenvalue weighted by Crippen LogP contribution is -2.52. The third-order valence-electron chi connectivity index (χ3n) is 9.02. The van der Waals surface area contributed by atoms with Crippen molar-refractivity contribution < 1.29 is 19.1 Å². The highest BCUT2D eigenvalue weighted by Gasteiger charge is 2.35. The summed E-state index contributed by atoms with van der Waals surface area (Å²) in [7, 11) is 1.93. The van der Waals surface area contributed by atoms with Crippen LogP contribution in [-0.2, 0) is 22.4 Å². The second kappa shape index (κ2) is 12.8. The molecule has 2 saturated heterocycles.